The van der Waals surface area contributed by atoms with Crippen LogP contribution >= 0.6 is 11.6 Å². The van der Waals surface area contributed by atoms with E-state index in [1.165, 1.54) is 6.07 Å². The third-order valence-corrected chi connectivity index (χ3v) is 4.33. The number of esters is 1. The number of anilines is 1. The van der Waals surface area contributed by atoms with Gasteiger partial charge in [-0.2, -0.15) is 5.10 Å². The summed E-state index contributed by atoms with van der Waals surface area (Å²) in [5.74, 6) is -2.06. The zero-order valence-corrected chi connectivity index (χ0v) is 17.7. The molecule has 2 rings (SSSR count). The van der Waals surface area contributed by atoms with E-state index in [-0.39, 0.29) is 41.0 Å². The summed E-state index contributed by atoms with van der Waals surface area (Å²) in [5, 5.41) is 22.0. The third-order valence-electron chi connectivity index (χ3n) is 4.00. The number of H-pyrrole nitrogens is 1. The fraction of sp³-hybridized carbons (Fsp3) is 0.400. The van der Waals surface area contributed by atoms with Crippen molar-refractivity contribution >= 4 is 35.2 Å². The van der Waals surface area contributed by atoms with Crippen molar-refractivity contribution in [3.8, 4) is 0 Å². The van der Waals surface area contributed by atoms with E-state index in [1.807, 2.05) is 13.8 Å². The number of carbonyl (C=O) groups is 3. The molecular weight excluding hydrogens is 412 g/mol. The summed E-state index contributed by atoms with van der Waals surface area (Å²) in [5.41, 5.74) is -1.98. The quantitative estimate of drug-likeness (QED) is 0.353. The molecule has 0 saturated heterocycles. The molecule has 9 nitrogen and oxygen atoms in total. The van der Waals surface area contributed by atoms with E-state index >= 15 is 0 Å². The van der Waals surface area contributed by atoms with E-state index in [9.17, 15) is 19.5 Å². The third kappa shape index (κ3) is 6.04. The van der Waals surface area contributed by atoms with E-state index in [2.05, 4.69) is 20.8 Å². The number of hydrogen-bond donors (Lipinski definition) is 4. The van der Waals surface area contributed by atoms with E-state index in [0.717, 1.165) is 0 Å². The number of nitrogens with one attached hydrogen (secondary N) is 3. The SMILES string of the molecule is CCCC(O)(NC(=O)c1cc(NC(=O)c2ccccc2Cl)n[nH]1)C(=O)OCC(C)C. The number of hydrogen-bond acceptors (Lipinski definition) is 6. The number of amides is 2. The summed E-state index contributed by atoms with van der Waals surface area (Å²) in [4.78, 5) is 37.1. The van der Waals surface area contributed by atoms with Crippen molar-refractivity contribution in [2.75, 3.05) is 11.9 Å². The second kappa shape index (κ2) is 10.2. The molecule has 0 spiro atoms. The summed E-state index contributed by atoms with van der Waals surface area (Å²) in [7, 11) is 0. The average molecular weight is 437 g/mol. The highest BCUT2D eigenvalue weighted by Gasteiger charge is 2.39. The highest BCUT2D eigenvalue weighted by atomic mass is 35.5. The molecule has 4 N–H and O–H groups in total. The summed E-state index contributed by atoms with van der Waals surface area (Å²) in [6.45, 7) is 5.58. The lowest BCUT2D eigenvalue weighted by atomic mass is 10.1. The van der Waals surface area contributed by atoms with Crippen molar-refractivity contribution in [2.24, 2.45) is 5.92 Å². The van der Waals surface area contributed by atoms with Crippen LogP contribution in [0.3, 0.4) is 0 Å². The Morgan fingerprint density at radius 2 is 1.97 bits per heavy atom. The molecule has 2 aromatic rings. The minimum absolute atomic E-state index is 0.0279. The predicted molar refractivity (Wildman–Crippen MR) is 111 cm³/mol. The summed E-state index contributed by atoms with van der Waals surface area (Å²) >= 11 is 5.99. The van der Waals surface area contributed by atoms with Gasteiger partial charge in [0.2, 0.25) is 5.72 Å². The molecule has 0 radical (unpaired) electrons. The molecule has 0 aliphatic heterocycles. The van der Waals surface area contributed by atoms with Gasteiger partial charge in [0.1, 0.15) is 5.69 Å². The topological polar surface area (TPSA) is 133 Å². The molecule has 1 heterocycles. The molecule has 0 aliphatic rings. The van der Waals surface area contributed by atoms with Crippen LogP contribution in [0, 0.1) is 5.92 Å². The molecule has 1 aromatic carbocycles. The Bertz CT molecular complexity index is 914. The maximum atomic E-state index is 12.5. The standard InChI is InChI=1S/C20H25ClN4O5/c1-4-9-20(29,19(28)30-11-12(2)3)23-18(27)15-10-16(25-24-15)22-17(26)13-7-5-6-8-14(13)21/h5-8,10,12,29H,4,9,11H2,1-3H3,(H,23,27)(H2,22,24,25,26). The number of aromatic amines is 1. The van der Waals surface area contributed by atoms with Crippen LogP contribution in [-0.4, -0.2) is 45.4 Å². The number of benzene rings is 1. The van der Waals surface area contributed by atoms with Gasteiger partial charge in [0, 0.05) is 12.5 Å². The molecule has 2 amide bonds. The van der Waals surface area contributed by atoms with E-state index < -0.39 is 23.5 Å². The van der Waals surface area contributed by atoms with Crippen LogP contribution in [0.25, 0.3) is 0 Å². The van der Waals surface area contributed by atoms with E-state index in [0.29, 0.717) is 6.42 Å². The summed E-state index contributed by atoms with van der Waals surface area (Å²) in [6.07, 6.45) is 0.398. The van der Waals surface area contributed by atoms with Gasteiger partial charge in [-0.1, -0.05) is 50.9 Å². The Labute approximate surface area is 179 Å². The Balaban J connectivity index is 2.08. The molecule has 0 aliphatic carbocycles. The molecule has 10 heteroatoms. The van der Waals surface area contributed by atoms with Gasteiger partial charge in [0.25, 0.3) is 11.8 Å². The van der Waals surface area contributed by atoms with Crippen LogP contribution in [-0.2, 0) is 9.53 Å². The van der Waals surface area contributed by atoms with E-state index in [4.69, 9.17) is 16.3 Å². The number of rotatable bonds is 9. The second-order valence-electron chi connectivity index (χ2n) is 7.16. The maximum absolute atomic E-state index is 12.5. The first-order valence-corrected chi connectivity index (χ1v) is 9.87. The molecule has 1 atom stereocenters. The lowest BCUT2D eigenvalue weighted by molar-refractivity contribution is -0.170. The largest absolute Gasteiger partial charge is 0.462 e. The average Bonchev–Trinajstić information content (AvgIpc) is 3.15. The van der Waals surface area contributed by atoms with Gasteiger partial charge >= 0.3 is 5.97 Å². The zero-order chi connectivity index (χ0) is 22.3. The molecule has 0 bridgehead atoms. The van der Waals surface area contributed by atoms with Gasteiger partial charge in [-0.25, -0.2) is 4.79 Å². The van der Waals surface area contributed by atoms with Crippen molar-refractivity contribution in [3.05, 3.63) is 46.6 Å². The van der Waals surface area contributed by atoms with Crippen molar-refractivity contribution in [1.29, 1.82) is 0 Å². The van der Waals surface area contributed by atoms with Gasteiger partial charge in [-0.15, -0.1) is 0 Å². The van der Waals surface area contributed by atoms with E-state index in [1.54, 1.807) is 31.2 Å². The summed E-state index contributed by atoms with van der Waals surface area (Å²) < 4.78 is 5.08. The monoisotopic (exact) mass is 436 g/mol. The van der Waals surface area contributed by atoms with Crippen LogP contribution in [0.2, 0.25) is 5.02 Å². The molecule has 30 heavy (non-hydrogen) atoms. The van der Waals surface area contributed by atoms with Crippen molar-refractivity contribution in [1.82, 2.24) is 15.5 Å². The first-order chi connectivity index (χ1) is 14.2. The van der Waals surface area contributed by atoms with Gasteiger partial charge in [0.15, 0.2) is 5.82 Å². The van der Waals surface area contributed by atoms with Crippen LogP contribution in [0.15, 0.2) is 30.3 Å². The molecule has 1 unspecified atom stereocenters. The number of carbonyl (C=O) groups excluding carboxylic acids is 3. The van der Waals surface area contributed by atoms with Crippen LogP contribution in [0.5, 0.6) is 0 Å². The van der Waals surface area contributed by atoms with Crippen LogP contribution < -0.4 is 10.6 Å². The van der Waals surface area contributed by atoms with Gasteiger partial charge in [-0.05, 0) is 18.1 Å². The normalized spacial score (nSPS) is 12.9. The Morgan fingerprint density at radius 3 is 2.60 bits per heavy atom. The maximum Gasteiger partial charge on any atom is 0.359 e. The van der Waals surface area contributed by atoms with Gasteiger partial charge < -0.3 is 20.5 Å². The molecule has 0 fully saturated rings. The lowest BCUT2D eigenvalue weighted by Crippen LogP contribution is -2.55. The highest BCUT2D eigenvalue weighted by Crippen LogP contribution is 2.18. The first-order valence-electron chi connectivity index (χ1n) is 9.49. The fourth-order valence-corrected chi connectivity index (χ4v) is 2.75. The Kier molecular flexibility index (Phi) is 7.96. The number of halogens is 1. The van der Waals surface area contributed by atoms with Gasteiger partial charge in [0.05, 0.1) is 17.2 Å². The van der Waals surface area contributed by atoms with Crippen LogP contribution in [0.4, 0.5) is 5.82 Å². The van der Waals surface area contributed by atoms with Crippen LogP contribution in [0.1, 0.15) is 54.5 Å². The lowest BCUT2D eigenvalue weighted by Gasteiger charge is -2.26. The number of aliphatic hydroxyl groups is 1. The molecule has 0 saturated carbocycles. The highest BCUT2D eigenvalue weighted by molar-refractivity contribution is 6.34. The molecular formula is C20H25ClN4O5. The number of ether oxygens (including phenoxy) is 1. The molecule has 162 valence electrons. The fourth-order valence-electron chi connectivity index (χ4n) is 2.53. The number of aromatic nitrogens is 2. The zero-order valence-electron chi connectivity index (χ0n) is 17.0. The van der Waals surface area contributed by atoms with Crippen molar-refractivity contribution < 1.29 is 24.2 Å². The minimum Gasteiger partial charge on any atom is -0.462 e. The summed E-state index contributed by atoms with van der Waals surface area (Å²) in [6, 6.07) is 7.76. The molecule has 1 aromatic heterocycles. The van der Waals surface area contributed by atoms with Crippen molar-refractivity contribution in [3.63, 3.8) is 0 Å². The predicted octanol–water partition coefficient (Wildman–Crippen LogP) is 2.73. The Morgan fingerprint density at radius 1 is 1.27 bits per heavy atom. The minimum atomic E-state index is -2.17. The smallest absolute Gasteiger partial charge is 0.359 e. The second-order valence-corrected chi connectivity index (χ2v) is 7.56. The van der Waals surface area contributed by atoms with Gasteiger partial charge in [-0.3, -0.25) is 14.7 Å². The first kappa shape index (κ1) is 23.4. The van der Waals surface area contributed by atoms with Crippen molar-refractivity contribution in [2.45, 2.75) is 39.3 Å². The number of nitrogens with zero attached hydrogens (tertiary/aromatic N) is 1. The Hall–Kier alpha value is -2.91.